The van der Waals surface area contributed by atoms with E-state index in [2.05, 4.69) is 10.6 Å². The van der Waals surface area contributed by atoms with Crippen LogP contribution in [0.25, 0.3) is 0 Å². The zero-order valence-corrected chi connectivity index (χ0v) is 12.8. The Bertz CT molecular complexity index is 790. The van der Waals surface area contributed by atoms with E-state index in [9.17, 15) is 19.3 Å². The number of nitrogens with one attached hydrogen (secondary N) is 2. The molecule has 0 aliphatic heterocycles. The molecule has 0 aromatic heterocycles. The number of amides is 1. The molecule has 6 nitrogen and oxygen atoms in total. The lowest BCUT2D eigenvalue weighted by atomic mass is 10.1. The van der Waals surface area contributed by atoms with Crippen molar-refractivity contribution < 1.29 is 14.1 Å². The van der Waals surface area contributed by atoms with Crippen LogP contribution >= 0.6 is 0 Å². The highest BCUT2D eigenvalue weighted by Crippen LogP contribution is 2.27. The van der Waals surface area contributed by atoms with Crippen molar-refractivity contribution in [3.8, 4) is 0 Å². The maximum absolute atomic E-state index is 13.6. The summed E-state index contributed by atoms with van der Waals surface area (Å²) in [4.78, 5) is 22.7. The van der Waals surface area contributed by atoms with Crippen LogP contribution < -0.4 is 10.6 Å². The average molecular weight is 329 g/mol. The Morgan fingerprint density at radius 1 is 1.25 bits per heavy atom. The lowest BCUT2D eigenvalue weighted by Gasteiger charge is -2.09. The van der Waals surface area contributed by atoms with Crippen LogP contribution in [-0.2, 0) is 6.54 Å². The van der Waals surface area contributed by atoms with Crippen LogP contribution in [0.2, 0.25) is 0 Å². The van der Waals surface area contributed by atoms with Gasteiger partial charge in [-0.05, 0) is 31.0 Å². The van der Waals surface area contributed by atoms with Crippen molar-refractivity contribution >= 4 is 17.3 Å². The van der Waals surface area contributed by atoms with Crippen LogP contribution in [0.4, 0.5) is 15.8 Å². The smallest absolute Gasteiger partial charge is 0.293 e. The molecule has 0 bridgehead atoms. The first-order chi connectivity index (χ1) is 11.5. The van der Waals surface area contributed by atoms with E-state index >= 15 is 0 Å². The number of carbonyl (C=O) groups excluding carboxylic acids is 1. The molecular weight excluding hydrogens is 313 g/mol. The largest absolute Gasteiger partial charge is 0.375 e. The Balaban J connectivity index is 1.78. The highest BCUT2D eigenvalue weighted by Gasteiger charge is 2.25. The van der Waals surface area contributed by atoms with Crippen molar-refractivity contribution in [2.24, 2.45) is 0 Å². The molecule has 0 unspecified atom stereocenters. The second-order valence-corrected chi connectivity index (χ2v) is 5.68. The van der Waals surface area contributed by atoms with Gasteiger partial charge in [-0.1, -0.05) is 18.2 Å². The van der Waals surface area contributed by atoms with Gasteiger partial charge < -0.3 is 10.6 Å². The summed E-state index contributed by atoms with van der Waals surface area (Å²) in [7, 11) is 0. The number of rotatable bonds is 6. The van der Waals surface area contributed by atoms with E-state index in [1.165, 1.54) is 24.3 Å². The number of carbonyl (C=O) groups is 1. The molecule has 2 N–H and O–H groups in total. The topological polar surface area (TPSA) is 84.3 Å². The molecule has 1 amide bonds. The molecule has 1 saturated carbocycles. The van der Waals surface area contributed by atoms with Gasteiger partial charge in [-0.2, -0.15) is 0 Å². The number of nitrogens with zero attached hydrogens (tertiary/aromatic N) is 1. The van der Waals surface area contributed by atoms with Gasteiger partial charge in [0.05, 0.1) is 4.92 Å². The number of nitro benzene ring substituents is 1. The van der Waals surface area contributed by atoms with Gasteiger partial charge in [-0.25, -0.2) is 4.39 Å². The zero-order chi connectivity index (χ0) is 17.1. The molecule has 0 spiro atoms. The van der Waals surface area contributed by atoms with Crippen LogP contribution in [0.15, 0.2) is 42.5 Å². The molecule has 124 valence electrons. The molecule has 1 aliphatic rings. The van der Waals surface area contributed by atoms with Gasteiger partial charge in [0, 0.05) is 29.8 Å². The van der Waals surface area contributed by atoms with Crippen LogP contribution in [0.3, 0.4) is 0 Å². The molecule has 2 aromatic rings. The van der Waals surface area contributed by atoms with E-state index in [0.717, 1.165) is 12.8 Å². The molecule has 3 rings (SSSR count). The van der Waals surface area contributed by atoms with Gasteiger partial charge >= 0.3 is 0 Å². The van der Waals surface area contributed by atoms with E-state index < -0.39 is 4.92 Å². The normalized spacial score (nSPS) is 13.4. The Kier molecular flexibility index (Phi) is 4.41. The van der Waals surface area contributed by atoms with E-state index in [0.29, 0.717) is 5.56 Å². The van der Waals surface area contributed by atoms with Gasteiger partial charge in [0.25, 0.3) is 11.6 Å². The molecule has 0 atom stereocenters. The lowest BCUT2D eigenvalue weighted by molar-refractivity contribution is -0.384. The minimum Gasteiger partial charge on any atom is -0.375 e. The second kappa shape index (κ2) is 6.66. The molecule has 0 heterocycles. The van der Waals surface area contributed by atoms with Gasteiger partial charge in [0.15, 0.2) is 0 Å². The highest BCUT2D eigenvalue weighted by atomic mass is 19.1. The predicted molar refractivity (Wildman–Crippen MR) is 87.3 cm³/mol. The Morgan fingerprint density at radius 2 is 2.00 bits per heavy atom. The van der Waals surface area contributed by atoms with E-state index in [4.69, 9.17) is 0 Å². The van der Waals surface area contributed by atoms with Crippen molar-refractivity contribution in [2.75, 3.05) is 5.32 Å². The molecular formula is C17H16FN3O3. The van der Waals surface area contributed by atoms with Crippen LogP contribution in [0.5, 0.6) is 0 Å². The first-order valence-corrected chi connectivity index (χ1v) is 7.61. The summed E-state index contributed by atoms with van der Waals surface area (Å²) in [6.07, 6.45) is 1.88. The summed E-state index contributed by atoms with van der Waals surface area (Å²) in [6, 6.07) is 10.6. The summed E-state index contributed by atoms with van der Waals surface area (Å²) in [5, 5.41) is 16.9. The van der Waals surface area contributed by atoms with Gasteiger partial charge in [0.2, 0.25) is 0 Å². The third-order valence-electron chi connectivity index (χ3n) is 3.80. The number of halogens is 1. The quantitative estimate of drug-likeness (QED) is 0.629. The van der Waals surface area contributed by atoms with Crippen molar-refractivity contribution in [1.29, 1.82) is 0 Å². The third-order valence-corrected chi connectivity index (χ3v) is 3.80. The lowest BCUT2D eigenvalue weighted by Crippen LogP contribution is -2.25. The Hall–Kier alpha value is -2.96. The van der Waals surface area contributed by atoms with E-state index in [1.54, 1.807) is 18.2 Å². The molecule has 0 saturated heterocycles. The predicted octanol–water partition coefficient (Wildman–Crippen LogP) is 3.24. The molecule has 7 heteroatoms. The van der Waals surface area contributed by atoms with Crippen LogP contribution in [0.1, 0.15) is 28.8 Å². The zero-order valence-electron chi connectivity index (χ0n) is 12.8. The summed E-state index contributed by atoms with van der Waals surface area (Å²) >= 11 is 0. The third kappa shape index (κ3) is 3.68. The minimum atomic E-state index is -0.558. The fourth-order valence-electron chi connectivity index (χ4n) is 2.30. The number of hydrogen-bond donors (Lipinski definition) is 2. The number of anilines is 1. The average Bonchev–Trinajstić information content (AvgIpc) is 3.38. The fourth-order valence-corrected chi connectivity index (χ4v) is 2.30. The Labute approximate surface area is 137 Å². The highest BCUT2D eigenvalue weighted by molar-refractivity contribution is 5.96. The molecule has 24 heavy (non-hydrogen) atoms. The molecule has 0 radical (unpaired) electrons. The summed E-state index contributed by atoms with van der Waals surface area (Å²) < 4.78 is 13.6. The minimum absolute atomic E-state index is 0.112. The van der Waals surface area contributed by atoms with Gasteiger partial charge in [-0.15, -0.1) is 0 Å². The standard InChI is InChI=1S/C17H16FN3O3/c18-14-4-2-1-3-12(14)10-19-15-8-5-11(9-16(15)21(23)24)17(22)20-13-6-7-13/h1-5,8-9,13,19H,6-7,10H2,(H,20,22). The molecule has 2 aromatic carbocycles. The second-order valence-electron chi connectivity index (χ2n) is 5.68. The first kappa shape index (κ1) is 15.9. The van der Waals surface area contributed by atoms with Gasteiger partial charge in [0.1, 0.15) is 11.5 Å². The summed E-state index contributed by atoms with van der Waals surface area (Å²) in [6.45, 7) is 0.112. The summed E-state index contributed by atoms with van der Waals surface area (Å²) in [5.74, 6) is -0.700. The maximum Gasteiger partial charge on any atom is 0.293 e. The fraction of sp³-hybridized carbons (Fsp3) is 0.235. The number of hydrogen-bond acceptors (Lipinski definition) is 4. The SMILES string of the molecule is O=C(NC1CC1)c1ccc(NCc2ccccc2F)c([N+](=O)[O-])c1. The van der Waals surface area contributed by atoms with Crippen LogP contribution in [0, 0.1) is 15.9 Å². The summed E-state index contributed by atoms with van der Waals surface area (Å²) in [5.41, 5.74) is 0.674. The Morgan fingerprint density at radius 3 is 2.67 bits per heavy atom. The van der Waals surface area contributed by atoms with Crippen molar-refractivity contribution in [3.63, 3.8) is 0 Å². The first-order valence-electron chi connectivity index (χ1n) is 7.61. The van der Waals surface area contributed by atoms with Crippen molar-refractivity contribution in [2.45, 2.75) is 25.4 Å². The van der Waals surface area contributed by atoms with E-state index in [-0.39, 0.29) is 41.2 Å². The van der Waals surface area contributed by atoms with Crippen molar-refractivity contribution in [1.82, 2.24) is 5.32 Å². The van der Waals surface area contributed by atoms with E-state index in [1.807, 2.05) is 0 Å². The van der Waals surface area contributed by atoms with Crippen molar-refractivity contribution in [3.05, 3.63) is 69.5 Å². The van der Waals surface area contributed by atoms with Crippen LogP contribution in [-0.4, -0.2) is 16.9 Å². The monoisotopic (exact) mass is 329 g/mol. The molecule has 1 fully saturated rings. The molecule has 1 aliphatic carbocycles. The van der Waals surface area contributed by atoms with Gasteiger partial charge in [-0.3, -0.25) is 14.9 Å². The number of nitro groups is 1. The number of benzene rings is 2. The maximum atomic E-state index is 13.6.